The van der Waals surface area contributed by atoms with Gasteiger partial charge in [-0.25, -0.2) is 13.1 Å². The van der Waals surface area contributed by atoms with Crippen LogP contribution in [0.1, 0.15) is 40.5 Å². The lowest BCUT2D eigenvalue weighted by atomic mass is 10.0. The summed E-state index contributed by atoms with van der Waals surface area (Å²) in [6.07, 6.45) is 2.00. The first kappa shape index (κ1) is 15.4. The largest absolute Gasteiger partial charge is 0.216 e. The molecule has 92 valence electrons. The van der Waals surface area contributed by atoms with Crippen LogP contribution in [0, 0.1) is 5.92 Å². The van der Waals surface area contributed by atoms with Crippen molar-refractivity contribution in [1.82, 2.24) is 4.72 Å². The summed E-state index contributed by atoms with van der Waals surface area (Å²) in [6, 6.07) is 0. The second kappa shape index (κ2) is 6.21. The molecule has 0 radical (unpaired) electrons. The van der Waals surface area contributed by atoms with E-state index in [4.69, 9.17) is 0 Å². The molecule has 0 aliphatic carbocycles. The zero-order chi connectivity index (χ0) is 12.1. The lowest BCUT2D eigenvalue weighted by Gasteiger charge is -2.22. The van der Waals surface area contributed by atoms with Crippen molar-refractivity contribution in [2.75, 3.05) is 11.9 Å². The van der Waals surface area contributed by atoms with E-state index in [0.717, 1.165) is 18.2 Å². The molecule has 0 saturated carbocycles. The van der Waals surface area contributed by atoms with Crippen LogP contribution in [-0.2, 0) is 10.0 Å². The number of halogens is 1. The van der Waals surface area contributed by atoms with Crippen molar-refractivity contribution in [2.45, 2.75) is 45.3 Å². The lowest BCUT2D eigenvalue weighted by molar-refractivity contribution is 0.475. The van der Waals surface area contributed by atoms with Crippen molar-refractivity contribution in [3.63, 3.8) is 0 Å². The number of alkyl halides is 1. The average Bonchev–Trinajstić information content (AvgIpc) is 2.10. The zero-order valence-electron chi connectivity index (χ0n) is 10.0. The van der Waals surface area contributed by atoms with Gasteiger partial charge in [0.15, 0.2) is 0 Å². The van der Waals surface area contributed by atoms with Crippen LogP contribution in [0.4, 0.5) is 0 Å². The second-order valence-corrected chi connectivity index (χ2v) is 8.03. The maximum Gasteiger partial charge on any atom is 0.216 e. The van der Waals surface area contributed by atoms with Crippen LogP contribution in [0.5, 0.6) is 0 Å². The van der Waals surface area contributed by atoms with Crippen molar-refractivity contribution in [1.29, 1.82) is 0 Å². The fourth-order valence-corrected chi connectivity index (χ4v) is 2.58. The van der Waals surface area contributed by atoms with E-state index in [1.54, 1.807) is 20.8 Å². The quantitative estimate of drug-likeness (QED) is 0.766. The van der Waals surface area contributed by atoms with Gasteiger partial charge in [-0.3, -0.25) is 0 Å². The third-order valence-corrected chi connectivity index (χ3v) is 5.08. The van der Waals surface area contributed by atoms with Crippen LogP contribution in [0.15, 0.2) is 0 Å². The Bertz CT molecular complexity index is 270. The number of hydrogen-bond acceptors (Lipinski definition) is 2. The van der Waals surface area contributed by atoms with Gasteiger partial charge in [0.25, 0.3) is 0 Å². The summed E-state index contributed by atoms with van der Waals surface area (Å²) >= 11 is 3.37. The Balaban J connectivity index is 4.26. The molecular formula is C10H22BrNO2S. The molecule has 0 amide bonds. The van der Waals surface area contributed by atoms with Crippen molar-refractivity contribution in [3.8, 4) is 0 Å². The first-order valence-electron chi connectivity index (χ1n) is 5.29. The Labute approximate surface area is 102 Å². The molecule has 5 heteroatoms. The fraction of sp³-hybridized carbons (Fsp3) is 1.00. The Morgan fingerprint density at radius 2 is 1.87 bits per heavy atom. The van der Waals surface area contributed by atoms with Gasteiger partial charge in [0, 0.05) is 11.9 Å². The fourth-order valence-electron chi connectivity index (χ4n) is 1.05. The summed E-state index contributed by atoms with van der Waals surface area (Å²) in [7, 11) is -3.19. The van der Waals surface area contributed by atoms with Crippen molar-refractivity contribution >= 4 is 26.0 Å². The summed E-state index contributed by atoms with van der Waals surface area (Å²) < 4.78 is 25.5. The van der Waals surface area contributed by atoms with Crippen LogP contribution < -0.4 is 4.72 Å². The minimum atomic E-state index is -3.19. The van der Waals surface area contributed by atoms with Gasteiger partial charge >= 0.3 is 0 Å². The maximum atomic E-state index is 11.8. The second-order valence-electron chi connectivity index (χ2n) is 4.72. The highest BCUT2D eigenvalue weighted by Gasteiger charge is 2.28. The van der Waals surface area contributed by atoms with Crippen molar-refractivity contribution in [2.24, 2.45) is 5.92 Å². The van der Waals surface area contributed by atoms with E-state index < -0.39 is 14.8 Å². The molecule has 0 fully saturated rings. The van der Waals surface area contributed by atoms with E-state index in [0.29, 0.717) is 12.5 Å². The molecule has 1 atom stereocenters. The molecule has 0 heterocycles. The van der Waals surface area contributed by atoms with Crippen LogP contribution >= 0.6 is 15.9 Å². The molecule has 0 aliphatic rings. The predicted molar refractivity (Wildman–Crippen MR) is 68.9 cm³/mol. The summed E-state index contributed by atoms with van der Waals surface area (Å²) in [5, 5.41) is 0.919. The van der Waals surface area contributed by atoms with Gasteiger partial charge in [0.05, 0.1) is 4.75 Å². The molecule has 15 heavy (non-hydrogen) atoms. The van der Waals surface area contributed by atoms with E-state index in [2.05, 4.69) is 27.6 Å². The smallest absolute Gasteiger partial charge is 0.215 e. The summed E-state index contributed by atoms with van der Waals surface area (Å²) in [5.41, 5.74) is 0. The Morgan fingerprint density at radius 1 is 1.33 bits per heavy atom. The Hall–Kier alpha value is 0.390. The molecule has 1 unspecified atom stereocenters. The molecule has 0 saturated heterocycles. The highest BCUT2D eigenvalue weighted by molar-refractivity contribution is 9.09. The molecule has 0 bridgehead atoms. The third kappa shape index (κ3) is 5.31. The van der Waals surface area contributed by atoms with Crippen LogP contribution in [0.2, 0.25) is 0 Å². The van der Waals surface area contributed by atoms with Crippen molar-refractivity contribution < 1.29 is 8.42 Å². The number of rotatable bonds is 6. The maximum absolute atomic E-state index is 11.8. The van der Waals surface area contributed by atoms with E-state index in [9.17, 15) is 8.42 Å². The first-order valence-corrected chi connectivity index (χ1v) is 7.90. The summed E-state index contributed by atoms with van der Waals surface area (Å²) in [4.78, 5) is 0. The number of hydrogen-bond donors (Lipinski definition) is 1. The Kier molecular flexibility index (Phi) is 6.37. The van der Waals surface area contributed by atoms with Gasteiger partial charge in [0.2, 0.25) is 10.0 Å². The SMILES string of the molecule is CCC(CCBr)CNS(=O)(=O)C(C)(C)C. The first-order chi connectivity index (χ1) is 6.74. The molecule has 0 aromatic carbocycles. The van der Waals surface area contributed by atoms with Gasteiger partial charge in [-0.2, -0.15) is 0 Å². The Morgan fingerprint density at radius 3 is 2.20 bits per heavy atom. The van der Waals surface area contributed by atoms with Crippen LogP contribution in [0.3, 0.4) is 0 Å². The van der Waals surface area contributed by atoms with Gasteiger partial charge in [-0.1, -0.05) is 29.3 Å². The third-order valence-electron chi connectivity index (χ3n) is 2.46. The molecule has 0 rings (SSSR count). The van der Waals surface area contributed by atoms with Crippen molar-refractivity contribution in [3.05, 3.63) is 0 Å². The van der Waals surface area contributed by atoms with E-state index >= 15 is 0 Å². The summed E-state index contributed by atoms with van der Waals surface area (Å²) in [6.45, 7) is 7.75. The van der Waals surface area contributed by atoms with Gasteiger partial charge in [-0.05, 0) is 33.1 Å². The molecule has 1 N–H and O–H groups in total. The molecule has 0 aromatic rings. The average molecular weight is 300 g/mol. The van der Waals surface area contributed by atoms with Gasteiger partial charge < -0.3 is 0 Å². The minimum Gasteiger partial charge on any atom is -0.215 e. The van der Waals surface area contributed by atoms with Crippen LogP contribution in [-0.4, -0.2) is 25.0 Å². The van der Waals surface area contributed by atoms with Gasteiger partial charge in [-0.15, -0.1) is 0 Å². The standard InChI is InChI=1S/C10H22BrNO2S/c1-5-9(6-7-11)8-12-15(13,14)10(2,3)4/h9,12H,5-8H2,1-4H3. The van der Waals surface area contributed by atoms with E-state index in [1.165, 1.54) is 0 Å². The molecule has 3 nitrogen and oxygen atoms in total. The van der Waals surface area contributed by atoms with Crippen LogP contribution in [0.25, 0.3) is 0 Å². The van der Waals surface area contributed by atoms with E-state index in [1.807, 2.05) is 0 Å². The number of nitrogens with one attached hydrogen (secondary N) is 1. The molecule has 0 aromatic heterocycles. The highest BCUT2D eigenvalue weighted by atomic mass is 79.9. The predicted octanol–water partition coefficient (Wildman–Crippen LogP) is 2.52. The monoisotopic (exact) mass is 299 g/mol. The normalized spacial score (nSPS) is 15.3. The highest BCUT2D eigenvalue weighted by Crippen LogP contribution is 2.15. The lowest BCUT2D eigenvalue weighted by Crippen LogP contribution is -2.41. The molecule has 0 spiro atoms. The minimum absolute atomic E-state index is 0.418. The summed E-state index contributed by atoms with van der Waals surface area (Å²) in [5.74, 6) is 0.418. The molecule has 0 aliphatic heterocycles. The molecular weight excluding hydrogens is 278 g/mol. The zero-order valence-corrected chi connectivity index (χ0v) is 12.4. The van der Waals surface area contributed by atoms with E-state index in [-0.39, 0.29) is 0 Å². The number of sulfonamides is 1. The topological polar surface area (TPSA) is 46.2 Å². The van der Waals surface area contributed by atoms with Gasteiger partial charge in [0.1, 0.15) is 0 Å².